The Morgan fingerprint density at radius 3 is 3.00 bits per heavy atom. The summed E-state index contributed by atoms with van der Waals surface area (Å²) in [6.45, 7) is 0.374. The Hall–Kier alpha value is -2.36. The molecule has 1 aromatic heterocycles. The van der Waals surface area contributed by atoms with Crippen molar-refractivity contribution in [3.63, 3.8) is 0 Å². The molecule has 2 aromatic rings. The molecular weight excluding hydrogens is 214 g/mol. The first-order valence-corrected chi connectivity index (χ1v) is 5.14. The van der Waals surface area contributed by atoms with Gasteiger partial charge in [0.2, 0.25) is 0 Å². The zero-order valence-corrected chi connectivity index (χ0v) is 9.18. The third kappa shape index (κ3) is 3.04. The van der Waals surface area contributed by atoms with Gasteiger partial charge in [0.1, 0.15) is 18.2 Å². The molecule has 1 radical (unpaired) electrons. The fraction of sp³-hybridized carbons (Fsp3) is 0.0769. The van der Waals surface area contributed by atoms with Gasteiger partial charge in [0.25, 0.3) is 0 Å². The molecule has 0 aliphatic carbocycles. The van der Waals surface area contributed by atoms with E-state index in [1.165, 1.54) is 0 Å². The Kier molecular flexibility index (Phi) is 3.35. The second kappa shape index (κ2) is 5.12. The van der Waals surface area contributed by atoms with E-state index in [1.54, 1.807) is 24.4 Å². The number of hydrogen-bond donors (Lipinski definition) is 2. The number of ether oxygens (including phenoxy) is 1. The molecule has 0 atom stereocenters. The molecule has 0 unspecified atom stereocenters. The third-order valence-corrected chi connectivity index (χ3v) is 2.19. The van der Waals surface area contributed by atoms with Crippen LogP contribution in [0.4, 0.5) is 0 Å². The van der Waals surface area contributed by atoms with Crippen LogP contribution in [0.5, 0.6) is 5.75 Å². The molecule has 0 saturated carbocycles. The number of nitrogens with one attached hydrogen (secondary N) is 1. The molecule has 3 N–H and O–H groups in total. The van der Waals surface area contributed by atoms with Crippen LogP contribution in [0.1, 0.15) is 11.3 Å². The molecule has 0 bridgehead atoms. The molecule has 1 heterocycles. The second-order valence-electron chi connectivity index (χ2n) is 3.47. The number of aromatic nitrogens is 1. The van der Waals surface area contributed by atoms with Crippen LogP contribution >= 0.6 is 0 Å². The number of hydrogen-bond acceptors (Lipinski definition) is 3. The molecule has 17 heavy (non-hydrogen) atoms. The molecule has 85 valence electrons. The molecule has 2 rings (SSSR count). The van der Waals surface area contributed by atoms with Crippen molar-refractivity contribution in [1.82, 2.24) is 4.98 Å². The number of nitrogens with zero attached hydrogens (tertiary/aromatic N) is 1. The molecule has 0 aliphatic rings. The summed E-state index contributed by atoms with van der Waals surface area (Å²) in [6, 6.07) is 13.7. The molecule has 0 saturated heterocycles. The molecule has 0 fully saturated rings. The lowest BCUT2D eigenvalue weighted by Crippen LogP contribution is -2.11. The standard InChI is InChI=1S/C13H12N3O/c14-13(15)10-4-3-6-12(8-10)17-9-11-5-1-2-7-16-11/h1-5,7-8H,9H2,(H3,14,15). The van der Waals surface area contributed by atoms with Gasteiger partial charge in [-0.25, -0.2) is 0 Å². The fourth-order valence-corrected chi connectivity index (χ4v) is 1.33. The summed E-state index contributed by atoms with van der Waals surface area (Å²) in [5, 5.41) is 7.32. The van der Waals surface area contributed by atoms with Crippen LogP contribution in [-0.4, -0.2) is 10.8 Å². The van der Waals surface area contributed by atoms with Gasteiger partial charge in [-0.05, 0) is 24.3 Å². The maximum absolute atomic E-state index is 7.32. The maximum Gasteiger partial charge on any atom is 0.130 e. The summed E-state index contributed by atoms with van der Waals surface area (Å²) in [5.41, 5.74) is 6.86. The van der Waals surface area contributed by atoms with E-state index in [4.69, 9.17) is 15.9 Å². The monoisotopic (exact) mass is 226 g/mol. The summed E-state index contributed by atoms with van der Waals surface area (Å²) in [5.74, 6) is 0.574. The summed E-state index contributed by atoms with van der Waals surface area (Å²) in [6.07, 6.45) is 1.72. The number of amidine groups is 1. The van der Waals surface area contributed by atoms with Crippen LogP contribution in [0.25, 0.3) is 0 Å². The number of rotatable bonds is 4. The number of nitrogens with two attached hydrogens (primary N) is 1. The van der Waals surface area contributed by atoms with Crippen molar-refractivity contribution < 1.29 is 4.74 Å². The van der Waals surface area contributed by atoms with Crippen molar-refractivity contribution in [2.45, 2.75) is 6.61 Å². The highest BCUT2D eigenvalue weighted by molar-refractivity contribution is 5.95. The predicted octanol–water partition coefficient (Wildman–Crippen LogP) is 1.74. The van der Waals surface area contributed by atoms with Crippen LogP contribution in [0, 0.1) is 11.5 Å². The van der Waals surface area contributed by atoms with E-state index in [0.717, 1.165) is 5.69 Å². The van der Waals surface area contributed by atoms with E-state index in [0.29, 0.717) is 17.9 Å². The van der Waals surface area contributed by atoms with Crippen molar-refractivity contribution in [3.8, 4) is 5.75 Å². The Morgan fingerprint density at radius 1 is 1.41 bits per heavy atom. The van der Waals surface area contributed by atoms with Crippen molar-refractivity contribution in [2.24, 2.45) is 5.73 Å². The van der Waals surface area contributed by atoms with E-state index < -0.39 is 0 Å². The summed E-state index contributed by atoms with van der Waals surface area (Å²) in [7, 11) is 0. The molecular formula is C13H12N3O. The highest BCUT2D eigenvalue weighted by atomic mass is 16.5. The molecule has 4 heteroatoms. The fourth-order valence-electron chi connectivity index (χ4n) is 1.33. The lowest BCUT2D eigenvalue weighted by molar-refractivity contribution is 0.300. The van der Waals surface area contributed by atoms with Gasteiger partial charge in [-0.3, -0.25) is 10.4 Å². The first kappa shape index (κ1) is 11.1. The highest BCUT2D eigenvalue weighted by Gasteiger charge is 2.00. The first-order valence-electron chi connectivity index (χ1n) is 5.14. The average Bonchev–Trinajstić information content (AvgIpc) is 2.38. The smallest absolute Gasteiger partial charge is 0.130 e. The van der Waals surface area contributed by atoms with Crippen LogP contribution in [0.2, 0.25) is 0 Å². The van der Waals surface area contributed by atoms with Crippen LogP contribution in [0.15, 0.2) is 42.6 Å². The molecule has 0 amide bonds. The van der Waals surface area contributed by atoms with Gasteiger partial charge in [-0.1, -0.05) is 12.1 Å². The van der Waals surface area contributed by atoms with E-state index in [2.05, 4.69) is 11.1 Å². The van der Waals surface area contributed by atoms with E-state index in [-0.39, 0.29) is 5.84 Å². The molecule has 4 nitrogen and oxygen atoms in total. The lowest BCUT2D eigenvalue weighted by atomic mass is 10.2. The average molecular weight is 226 g/mol. The number of nitrogen functional groups attached to an aromatic ring is 1. The largest absolute Gasteiger partial charge is 0.487 e. The minimum atomic E-state index is 0.0155. The van der Waals surface area contributed by atoms with Crippen molar-refractivity contribution in [2.75, 3.05) is 0 Å². The quantitative estimate of drug-likeness (QED) is 0.616. The highest BCUT2D eigenvalue weighted by Crippen LogP contribution is 2.13. The molecule has 0 spiro atoms. The van der Waals surface area contributed by atoms with Crippen molar-refractivity contribution in [1.29, 1.82) is 5.41 Å². The van der Waals surface area contributed by atoms with E-state index in [1.807, 2.05) is 18.2 Å². The zero-order valence-electron chi connectivity index (χ0n) is 9.18. The topological polar surface area (TPSA) is 72.0 Å². The Bertz CT molecular complexity index is 511. The first-order chi connectivity index (χ1) is 8.25. The van der Waals surface area contributed by atoms with Crippen LogP contribution in [0.3, 0.4) is 0 Å². The van der Waals surface area contributed by atoms with Gasteiger partial charge in [-0.2, -0.15) is 0 Å². The Morgan fingerprint density at radius 2 is 2.29 bits per heavy atom. The number of pyridine rings is 1. The second-order valence-corrected chi connectivity index (χ2v) is 3.47. The predicted molar refractivity (Wildman–Crippen MR) is 64.9 cm³/mol. The van der Waals surface area contributed by atoms with Gasteiger partial charge in [0.05, 0.1) is 5.69 Å². The van der Waals surface area contributed by atoms with Gasteiger partial charge in [0, 0.05) is 17.8 Å². The van der Waals surface area contributed by atoms with Crippen LogP contribution < -0.4 is 10.5 Å². The number of benzene rings is 1. The van der Waals surface area contributed by atoms with E-state index >= 15 is 0 Å². The Balaban J connectivity index is 2.04. The van der Waals surface area contributed by atoms with Crippen molar-refractivity contribution >= 4 is 5.84 Å². The maximum atomic E-state index is 7.32. The van der Waals surface area contributed by atoms with Crippen molar-refractivity contribution in [3.05, 3.63) is 59.9 Å². The zero-order chi connectivity index (χ0) is 12.1. The van der Waals surface area contributed by atoms with Gasteiger partial charge in [-0.15, -0.1) is 0 Å². The van der Waals surface area contributed by atoms with Gasteiger partial charge in [0.15, 0.2) is 0 Å². The lowest BCUT2D eigenvalue weighted by Gasteiger charge is -2.06. The Labute approximate surface area is 99.6 Å². The third-order valence-electron chi connectivity index (χ3n) is 2.19. The van der Waals surface area contributed by atoms with Crippen LogP contribution in [-0.2, 0) is 6.61 Å². The summed E-state index contributed by atoms with van der Waals surface area (Å²) in [4.78, 5) is 4.15. The summed E-state index contributed by atoms with van der Waals surface area (Å²) >= 11 is 0. The normalized spacial score (nSPS) is 9.88. The molecule has 0 aliphatic heterocycles. The van der Waals surface area contributed by atoms with E-state index in [9.17, 15) is 0 Å². The molecule has 1 aromatic carbocycles. The van der Waals surface area contributed by atoms with Gasteiger partial charge >= 0.3 is 0 Å². The van der Waals surface area contributed by atoms with Gasteiger partial charge < -0.3 is 10.5 Å². The SMILES string of the molecule is N=C(N)c1cc[c]c(OCc2ccccn2)c1. The summed E-state index contributed by atoms with van der Waals surface area (Å²) < 4.78 is 5.51. The minimum absolute atomic E-state index is 0.0155. The minimum Gasteiger partial charge on any atom is -0.487 e.